The number of amides is 1. The fraction of sp³-hybridized carbons (Fsp3) is 0.350. The van der Waals surface area contributed by atoms with E-state index >= 15 is 0 Å². The van der Waals surface area contributed by atoms with Gasteiger partial charge in [-0.2, -0.15) is 0 Å². The average molecular weight is 352 g/mol. The van der Waals surface area contributed by atoms with E-state index < -0.39 is 0 Å². The number of carbonyl (C=O) groups excluding carboxylic acids is 1. The van der Waals surface area contributed by atoms with Crippen molar-refractivity contribution in [3.8, 4) is 0 Å². The molecule has 1 amide bonds. The maximum absolute atomic E-state index is 13.0. The van der Waals surface area contributed by atoms with Gasteiger partial charge in [-0.1, -0.05) is 31.1 Å². The first-order valence-corrected chi connectivity index (χ1v) is 8.85. The summed E-state index contributed by atoms with van der Waals surface area (Å²) in [7, 11) is 0. The van der Waals surface area contributed by atoms with Gasteiger partial charge < -0.3 is 13.8 Å². The lowest BCUT2D eigenvalue weighted by atomic mass is 10.1. The Balaban J connectivity index is 1.67. The quantitative estimate of drug-likeness (QED) is 0.715. The van der Waals surface area contributed by atoms with Crippen molar-refractivity contribution < 1.29 is 13.7 Å². The van der Waals surface area contributed by atoms with Crippen LogP contribution in [0.3, 0.4) is 0 Å². The Hall–Kier alpha value is -2.89. The van der Waals surface area contributed by atoms with E-state index in [1.165, 1.54) is 6.07 Å². The van der Waals surface area contributed by atoms with Gasteiger partial charge in [-0.25, -0.2) is 0 Å². The second-order valence-corrected chi connectivity index (χ2v) is 6.94. The molecule has 4 rings (SSSR count). The molecule has 0 N–H and O–H groups in total. The first-order valence-electron chi connectivity index (χ1n) is 8.85. The highest BCUT2D eigenvalue weighted by molar-refractivity contribution is 5.93. The molecular weight excluding hydrogens is 332 g/mol. The van der Waals surface area contributed by atoms with E-state index in [9.17, 15) is 9.59 Å². The highest BCUT2D eigenvalue weighted by Crippen LogP contribution is 2.33. The zero-order valence-corrected chi connectivity index (χ0v) is 14.8. The number of para-hydroxylation sites is 1. The SMILES string of the molecule is CC(C)c1cc([C@@H]2CCCN2C(=O)c2cc(=O)c3ccccc3o2)no1. The molecule has 1 aromatic carbocycles. The van der Waals surface area contributed by atoms with Crippen molar-refractivity contribution in [2.45, 2.75) is 38.6 Å². The largest absolute Gasteiger partial charge is 0.451 e. The van der Waals surface area contributed by atoms with Crippen LogP contribution in [0.5, 0.6) is 0 Å². The number of aromatic nitrogens is 1. The fourth-order valence-corrected chi connectivity index (χ4v) is 3.40. The Kier molecular flexibility index (Phi) is 4.11. The van der Waals surface area contributed by atoms with Gasteiger partial charge in [0.25, 0.3) is 5.91 Å². The summed E-state index contributed by atoms with van der Waals surface area (Å²) in [5.74, 6) is 0.814. The molecule has 0 aliphatic carbocycles. The highest BCUT2D eigenvalue weighted by atomic mass is 16.5. The molecule has 0 saturated carbocycles. The first-order chi connectivity index (χ1) is 12.5. The lowest BCUT2D eigenvalue weighted by molar-refractivity contribution is 0.0699. The number of hydrogen-bond acceptors (Lipinski definition) is 5. The smallest absolute Gasteiger partial charge is 0.290 e. The summed E-state index contributed by atoms with van der Waals surface area (Å²) in [5.41, 5.74) is 0.958. The van der Waals surface area contributed by atoms with Gasteiger partial charge in [-0.05, 0) is 25.0 Å². The molecular formula is C20H20N2O4. The maximum Gasteiger partial charge on any atom is 0.290 e. The molecule has 1 fully saturated rings. The summed E-state index contributed by atoms with van der Waals surface area (Å²) < 4.78 is 11.1. The summed E-state index contributed by atoms with van der Waals surface area (Å²) in [6, 6.07) is 9.98. The van der Waals surface area contributed by atoms with Crippen molar-refractivity contribution in [1.29, 1.82) is 0 Å². The monoisotopic (exact) mass is 352 g/mol. The zero-order chi connectivity index (χ0) is 18.3. The molecule has 3 aromatic rings. The van der Waals surface area contributed by atoms with Crippen LogP contribution in [0.25, 0.3) is 11.0 Å². The van der Waals surface area contributed by atoms with E-state index in [4.69, 9.17) is 8.94 Å². The van der Waals surface area contributed by atoms with Gasteiger partial charge in [0.15, 0.2) is 11.2 Å². The van der Waals surface area contributed by atoms with Crippen LogP contribution in [-0.2, 0) is 0 Å². The molecule has 134 valence electrons. The predicted octanol–water partition coefficient (Wildman–Crippen LogP) is 3.88. The average Bonchev–Trinajstić information content (AvgIpc) is 3.30. The number of nitrogens with zero attached hydrogens (tertiary/aromatic N) is 2. The number of likely N-dealkylation sites (tertiary alicyclic amines) is 1. The topological polar surface area (TPSA) is 76.6 Å². The summed E-state index contributed by atoms with van der Waals surface area (Å²) >= 11 is 0. The molecule has 0 spiro atoms. The van der Waals surface area contributed by atoms with Crippen LogP contribution < -0.4 is 5.43 Å². The van der Waals surface area contributed by atoms with E-state index in [2.05, 4.69) is 5.16 Å². The molecule has 1 aliphatic rings. The van der Waals surface area contributed by atoms with Crippen LogP contribution in [0.15, 0.2) is 50.1 Å². The molecule has 0 radical (unpaired) electrons. The predicted molar refractivity (Wildman–Crippen MR) is 96.1 cm³/mol. The zero-order valence-electron chi connectivity index (χ0n) is 14.8. The number of hydrogen-bond donors (Lipinski definition) is 0. The van der Waals surface area contributed by atoms with Gasteiger partial charge >= 0.3 is 0 Å². The van der Waals surface area contributed by atoms with Gasteiger partial charge in [-0.3, -0.25) is 9.59 Å². The Morgan fingerprint density at radius 2 is 2.08 bits per heavy atom. The normalized spacial score (nSPS) is 17.3. The van der Waals surface area contributed by atoms with Crippen LogP contribution in [0, 0.1) is 0 Å². The number of benzene rings is 1. The molecule has 26 heavy (non-hydrogen) atoms. The number of rotatable bonds is 3. The van der Waals surface area contributed by atoms with E-state index in [0.29, 0.717) is 17.5 Å². The van der Waals surface area contributed by atoms with E-state index in [1.807, 2.05) is 19.9 Å². The van der Waals surface area contributed by atoms with Crippen molar-refractivity contribution >= 4 is 16.9 Å². The molecule has 1 aliphatic heterocycles. The van der Waals surface area contributed by atoms with Crippen LogP contribution in [0.2, 0.25) is 0 Å². The molecule has 2 aromatic heterocycles. The highest BCUT2D eigenvalue weighted by Gasteiger charge is 2.34. The van der Waals surface area contributed by atoms with Crippen molar-refractivity contribution in [2.24, 2.45) is 0 Å². The molecule has 3 heterocycles. The summed E-state index contributed by atoms with van der Waals surface area (Å²) in [6.45, 7) is 4.67. The summed E-state index contributed by atoms with van der Waals surface area (Å²) in [4.78, 5) is 27.0. The molecule has 1 atom stereocenters. The maximum atomic E-state index is 13.0. The Morgan fingerprint density at radius 3 is 2.85 bits per heavy atom. The third-order valence-corrected chi connectivity index (χ3v) is 4.82. The lowest BCUT2D eigenvalue weighted by Gasteiger charge is -2.22. The van der Waals surface area contributed by atoms with E-state index in [-0.39, 0.29) is 29.1 Å². The third-order valence-electron chi connectivity index (χ3n) is 4.82. The lowest BCUT2D eigenvalue weighted by Crippen LogP contribution is -2.31. The Labute approximate surface area is 150 Å². The molecule has 0 unspecified atom stereocenters. The van der Waals surface area contributed by atoms with Gasteiger partial charge in [-0.15, -0.1) is 0 Å². The molecule has 6 nitrogen and oxygen atoms in total. The van der Waals surface area contributed by atoms with Gasteiger partial charge in [0.1, 0.15) is 17.0 Å². The fourth-order valence-electron chi connectivity index (χ4n) is 3.40. The number of carbonyl (C=O) groups is 1. The van der Waals surface area contributed by atoms with E-state index in [1.54, 1.807) is 29.2 Å². The molecule has 1 saturated heterocycles. The minimum absolute atomic E-state index is 0.0631. The van der Waals surface area contributed by atoms with Crippen LogP contribution in [0.4, 0.5) is 0 Å². The van der Waals surface area contributed by atoms with Crippen molar-refractivity contribution in [3.63, 3.8) is 0 Å². The van der Waals surface area contributed by atoms with Crippen LogP contribution >= 0.6 is 0 Å². The minimum Gasteiger partial charge on any atom is -0.451 e. The van der Waals surface area contributed by atoms with Gasteiger partial charge in [0.2, 0.25) is 0 Å². The van der Waals surface area contributed by atoms with Crippen LogP contribution in [-0.4, -0.2) is 22.5 Å². The summed E-state index contributed by atoms with van der Waals surface area (Å²) in [6.07, 6.45) is 1.69. The number of fused-ring (bicyclic) bond motifs is 1. The van der Waals surface area contributed by atoms with Crippen molar-refractivity contribution in [2.75, 3.05) is 6.54 Å². The van der Waals surface area contributed by atoms with E-state index in [0.717, 1.165) is 24.3 Å². The van der Waals surface area contributed by atoms with Crippen molar-refractivity contribution in [3.05, 3.63) is 63.8 Å². The van der Waals surface area contributed by atoms with Gasteiger partial charge in [0.05, 0.1) is 11.4 Å². The Morgan fingerprint density at radius 1 is 1.27 bits per heavy atom. The summed E-state index contributed by atoms with van der Waals surface area (Å²) in [5, 5.41) is 4.62. The molecule has 0 bridgehead atoms. The Bertz CT molecular complexity index is 1020. The molecule has 6 heteroatoms. The van der Waals surface area contributed by atoms with Gasteiger partial charge in [0, 0.05) is 24.6 Å². The van der Waals surface area contributed by atoms with Crippen LogP contribution in [0.1, 0.15) is 60.7 Å². The minimum atomic E-state index is -0.288. The second-order valence-electron chi connectivity index (χ2n) is 6.94. The second kappa shape index (κ2) is 6.44. The standard InChI is InChI=1S/C20H20N2O4/c1-12(2)18-10-14(21-26-18)15-7-5-9-22(15)20(24)19-11-16(23)13-6-3-4-8-17(13)25-19/h3-4,6,8,10-12,15H,5,7,9H2,1-2H3/t15-/m0/s1. The third kappa shape index (κ3) is 2.81. The van der Waals surface area contributed by atoms with Crippen molar-refractivity contribution in [1.82, 2.24) is 10.1 Å². The first kappa shape index (κ1) is 16.6.